The predicted molar refractivity (Wildman–Crippen MR) is 178 cm³/mol. The van der Waals surface area contributed by atoms with Crippen LogP contribution in [0.25, 0.3) is 11.3 Å². The van der Waals surface area contributed by atoms with Crippen LogP contribution in [0, 0.1) is 6.92 Å². The molecule has 2 aliphatic heterocycles. The predicted octanol–water partition coefficient (Wildman–Crippen LogP) is 0.913. The number of carbonyl (C=O) groups is 2. The maximum atomic E-state index is 13.1. The van der Waals surface area contributed by atoms with E-state index in [9.17, 15) is 9.59 Å². The number of hydrogen-bond acceptors (Lipinski definition) is 9. The number of piperazine rings is 1. The highest BCUT2D eigenvalue weighted by Gasteiger charge is 2.20. The SMILES string of the molecule is Cc1ccc(NC(=O)c2ccc(CN3CCN(C)CC3)cc2)cc1Nc1nccc(-c2ccc[n+](COC(=O)N3CCOCC3)c2)n1.[I-]. The number of likely N-dealkylation sites (N-methyl/N-ethyl adjacent to an activating group) is 1. The number of halogens is 1. The normalized spacial score (nSPS) is 15.3. The summed E-state index contributed by atoms with van der Waals surface area (Å²) in [4.78, 5) is 41.1. The molecule has 2 amide bonds. The van der Waals surface area contributed by atoms with E-state index in [1.54, 1.807) is 15.7 Å². The monoisotopic (exact) mass is 764 g/mol. The number of hydrogen-bond donors (Lipinski definition) is 2. The fourth-order valence-corrected chi connectivity index (χ4v) is 5.48. The molecule has 13 heteroatoms. The number of aryl methyl sites for hydroxylation is 1. The largest absolute Gasteiger partial charge is 1.00 e. The summed E-state index contributed by atoms with van der Waals surface area (Å²) < 4.78 is 12.6. The maximum Gasteiger partial charge on any atom is 0.414 e. The smallest absolute Gasteiger partial charge is 0.414 e. The van der Waals surface area contributed by atoms with E-state index in [1.807, 2.05) is 80.0 Å². The van der Waals surface area contributed by atoms with Crippen molar-refractivity contribution in [2.75, 3.05) is 70.2 Å². The fraction of sp³-hybridized carbons (Fsp3) is 0.343. The molecule has 2 N–H and O–H groups in total. The average molecular weight is 765 g/mol. The molecule has 2 aromatic carbocycles. The van der Waals surface area contributed by atoms with Crippen molar-refractivity contribution in [1.82, 2.24) is 24.7 Å². The first-order valence-electron chi connectivity index (χ1n) is 15.9. The van der Waals surface area contributed by atoms with Crippen LogP contribution < -0.4 is 39.2 Å². The Morgan fingerprint density at radius 3 is 2.52 bits per heavy atom. The molecule has 0 bridgehead atoms. The van der Waals surface area contributed by atoms with Crippen molar-refractivity contribution in [1.29, 1.82) is 0 Å². The minimum absolute atomic E-state index is 0. The lowest BCUT2D eigenvalue weighted by Gasteiger charge is -2.32. The van der Waals surface area contributed by atoms with Crippen LogP contribution in [-0.4, -0.2) is 96.2 Å². The average Bonchev–Trinajstić information content (AvgIpc) is 3.10. The van der Waals surface area contributed by atoms with E-state index in [-0.39, 0.29) is 42.7 Å². The molecule has 0 aliphatic carbocycles. The highest BCUT2D eigenvalue weighted by molar-refractivity contribution is 6.04. The van der Waals surface area contributed by atoms with Crippen molar-refractivity contribution < 1.29 is 47.6 Å². The van der Waals surface area contributed by atoms with Gasteiger partial charge >= 0.3 is 6.09 Å². The van der Waals surface area contributed by atoms with Gasteiger partial charge in [-0.1, -0.05) is 18.2 Å². The second-order valence-electron chi connectivity index (χ2n) is 11.9. The lowest BCUT2D eigenvalue weighted by molar-refractivity contribution is -0.727. The molecule has 0 spiro atoms. The van der Waals surface area contributed by atoms with Crippen molar-refractivity contribution in [2.24, 2.45) is 0 Å². The number of amides is 2. The number of morpholine rings is 1. The summed E-state index contributed by atoms with van der Waals surface area (Å²) in [7, 11) is 2.15. The number of benzene rings is 2. The first kappa shape index (κ1) is 35.1. The highest BCUT2D eigenvalue weighted by Crippen LogP contribution is 2.25. The number of nitrogens with one attached hydrogen (secondary N) is 2. The lowest BCUT2D eigenvalue weighted by Crippen LogP contribution is -3.00. The number of pyridine rings is 1. The Kier molecular flexibility index (Phi) is 12.3. The summed E-state index contributed by atoms with van der Waals surface area (Å²) in [6.07, 6.45) is 5.04. The molecule has 0 saturated carbocycles. The van der Waals surface area contributed by atoms with Gasteiger partial charge < -0.3 is 53.9 Å². The van der Waals surface area contributed by atoms with Gasteiger partial charge in [0.15, 0.2) is 12.4 Å². The Morgan fingerprint density at radius 1 is 0.979 bits per heavy atom. The van der Waals surface area contributed by atoms with Crippen LogP contribution in [0.1, 0.15) is 21.5 Å². The molecule has 2 fully saturated rings. The lowest BCUT2D eigenvalue weighted by atomic mass is 10.1. The first-order valence-corrected chi connectivity index (χ1v) is 15.9. The zero-order valence-corrected chi connectivity index (χ0v) is 29.4. The van der Waals surface area contributed by atoms with Gasteiger partial charge in [-0.2, -0.15) is 4.57 Å². The fourth-order valence-electron chi connectivity index (χ4n) is 5.48. The second-order valence-corrected chi connectivity index (χ2v) is 11.9. The Labute approximate surface area is 298 Å². The molecule has 0 atom stereocenters. The molecule has 4 heterocycles. The summed E-state index contributed by atoms with van der Waals surface area (Å²) in [5.41, 5.74) is 5.77. The van der Waals surface area contributed by atoms with Crippen molar-refractivity contribution in [2.45, 2.75) is 20.2 Å². The zero-order chi connectivity index (χ0) is 32.6. The van der Waals surface area contributed by atoms with Gasteiger partial charge in [0.05, 0.1) is 24.5 Å². The second kappa shape index (κ2) is 16.8. The van der Waals surface area contributed by atoms with Crippen LogP contribution in [-0.2, 0) is 22.7 Å². The van der Waals surface area contributed by atoms with Crippen molar-refractivity contribution >= 4 is 29.3 Å². The van der Waals surface area contributed by atoms with Gasteiger partial charge in [-0.25, -0.2) is 14.8 Å². The van der Waals surface area contributed by atoms with Crippen LogP contribution in [0.5, 0.6) is 0 Å². The van der Waals surface area contributed by atoms with Gasteiger partial charge in [0.2, 0.25) is 5.95 Å². The zero-order valence-electron chi connectivity index (χ0n) is 27.3. The molecule has 48 heavy (non-hydrogen) atoms. The summed E-state index contributed by atoms with van der Waals surface area (Å²) in [6.45, 7) is 9.32. The van der Waals surface area contributed by atoms with Crippen LogP contribution >= 0.6 is 0 Å². The standard InChI is InChI=1S/C35H40N8O4.HI/c1-26-5-10-30(37-33(44)28-8-6-27(7-9-28)23-41-16-14-40(2)15-17-41)22-32(26)39-34-36-12-11-31(38-34)29-4-3-13-42(24-29)25-47-35(45)43-18-20-46-21-19-43;/h3-13,22,24H,14-21,23,25H2,1-2H3,(H-,36,37,38,39,44);1H. The minimum Gasteiger partial charge on any atom is -1.00 e. The summed E-state index contributed by atoms with van der Waals surface area (Å²) in [6, 6.07) is 19.2. The minimum atomic E-state index is -0.358. The molecular formula is C35H41IN8O4. The first-order chi connectivity index (χ1) is 22.9. The molecule has 4 aromatic rings. The van der Waals surface area contributed by atoms with Crippen LogP contribution in [0.15, 0.2) is 79.3 Å². The third kappa shape index (κ3) is 9.46. The number of carbonyl (C=O) groups excluding carboxylic acids is 2. The van der Waals surface area contributed by atoms with Gasteiger partial charge in [0, 0.05) is 75.0 Å². The number of rotatable bonds is 9. The van der Waals surface area contributed by atoms with Gasteiger partial charge in [-0.15, -0.1) is 0 Å². The summed E-state index contributed by atoms with van der Waals surface area (Å²) in [5.74, 6) is 0.247. The van der Waals surface area contributed by atoms with Crippen LogP contribution in [0.2, 0.25) is 0 Å². The number of nitrogens with zero attached hydrogens (tertiary/aromatic N) is 6. The third-order valence-corrected chi connectivity index (χ3v) is 8.38. The number of anilines is 3. The molecule has 2 aromatic heterocycles. The van der Waals surface area contributed by atoms with E-state index < -0.39 is 0 Å². The van der Waals surface area contributed by atoms with Gasteiger partial charge in [0.25, 0.3) is 12.6 Å². The van der Waals surface area contributed by atoms with Crippen LogP contribution in [0.4, 0.5) is 22.1 Å². The van der Waals surface area contributed by atoms with E-state index in [4.69, 9.17) is 14.5 Å². The number of aromatic nitrogens is 3. The molecular weight excluding hydrogens is 723 g/mol. The molecule has 2 aliphatic rings. The summed E-state index contributed by atoms with van der Waals surface area (Å²) in [5, 5.41) is 6.32. The number of ether oxygens (including phenoxy) is 2. The van der Waals surface area contributed by atoms with E-state index in [1.165, 1.54) is 5.56 Å². The molecule has 2 saturated heterocycles. The molecule has 252 valence electrons. The van der Waals surface area contributed by atoms with E-state index in [0.29, 0.717) is 49.2 Å². The molecule has 0 unspecified atom stereocenters. The molecule has 6 rings (SSSR count). The summed E-state index contributed by atoms with van der Waals surface area (Å²) >= 11 is 0. The maximum absolute atomic E-state index is 13.1. The van der Waals surface area contributed by atoms with Crippen molar-refractivity contribution in [3.8, 4) is 11.3 Å². The van der Waals surface area contributed by atoms with Crippen molar-refractivity contribution in [3.63, 3.8) is 0 Å². The van der Waals surface area contributed by atoms with Gasteiger partial charge in [-0.05, 0) is 61.5 Å². The quantitative estimate of drug-likeness (QED) is 0.190. The Balaban J connectivity index is 0.00000451. The topological polar surface area (TPSA) is 116 Å². The van der Waals surface area contributed by atoms with Gasteiger partial charge in [-0.3, -0.25) is 9.69 Å². The van der Waals surface area contributed by atoms with E-state index >= 15 is 0 Å². The highest BCUT2D eigenvalue weighted by atomic mass is 127. The molecule has 12 nitrogen and oxygen atoms in total. The molecule has 0 radical (unpaired) electrons. The Morgan fingerprint density at radius 2 is 1.75 bits per heavy atom. The van der Waals surface area contributed by atoms with Crippen molar-refractivity contribution in [3.05, 3.63) is 95.9 Å². The third-order valence-electron chi connectivity index (χ3n) is 8.38. The Bertz CT molecular complexity index is 1690. The van der Waals surface area contributed by atoms with E-state index in [0.717, 1.165) is 49.5 Å². The van der Waals surface area contributed by atoms with Crippen LogP contribution in [0.3, 0.4) is 0 Å². The Hall–Kier alpha value is -4.18. The van der Waals surface area contributed by atoms with E-state index in [2.05, 4.69) is 32.5 Å². The van der Waals surface area contributed by atoms with Gasteiger partial charge in [0.1, 0.15) is 0 Å².